The molecule has 0 radical (unpaired) electrons. The first-order valence-corrected chi connectivity index (χ1v) is 6.20. The largest absolute Gasteiger partial charge is 0.335 e. The molecule has 2 aromatic rings. The Morgan fingerprint density at radius 3 is 2.70 bits per heavy atom. The molecule has 11 heteroatoms. The Kier molecular flexibility index (Phi) is 4.04. The van der Waals surface area contributed by atoms with E-state index in [-0.39, 0.29) is 20.8 Å². The fourth-order valence-electron chi connectivity index (χ4n) is 1.32. The molecule has 0 saturated heterocycles. The number of hydrogen-bond donors (Lipinski definition) is 1. The lowest BCUT2D eigenvalue weighted by Gasteiger charge is -2.04. The van der Waals surface area contributed by atoms with Crippen molar-refractivity contribution in [2.75, 3.05) is 5.84 Å². The zero-order valence-electron chi connectivity index (χ0n) is 9.53. The molecule has 2 N–H and O–H groups in total. The predicted molar refractivity (Wildman–Crippen MR) is 67.4 cm³/mol. The molecular weight excluding hydrogens is 316 g/mol. The maximum absolute atomic E-state index is 12.5. The van der Waals surface area contributed by atoms with Gasteiger partial charge >= 0.3 is 0 Å². The van der Waals surface area contributed by atoms with E-state index < -0.39 is 17.2 Å². The zero-order chi connectivity index (χ0) is 14.9. The van der Waals surface area contributed by atoms with Crippen LogP contribution in [-0.2, 0) is 0 Å². The van der Waals surface area contributed by atoms with Crippen LogP contribution < -0.4 is 5.84 Å². The molecule has 20 heavy (non-hydrogen) atoms. The number of benzene rings is 1. The summed E-state index contributed by atoms with van der Waals surface area (Å²) in [6.45, 7) is 0. The molecule has 0 spiro atoms. The van der Waals surface area contributed by atoms with Gasteiger partial charge in [-0.05, 0) is 23.9 Å². The Morgan fingerprint density at radius 1 is 1.45 bits per heavy atom. The van der Waals surface area contributed by atoms with Gasteiger partial charge in [0.25, 0.3) is 12.1 Å². The number of rotatable bonds is 4. The Labute approximate surface area is 119 Å². The number of alkyl halides is 2. The highest BCUT2D eigenvalue weighted by atomic mass is 35.5. The summed E-state index contributed by atoms with van der Waals surface area (Å²) in [6, 6.07) is 3.96. The van der Waals surface area contributed by atoms with E-state index >= 15 is 0 Å². The van der Waals surface area contributed by atoms with Crippen molar-refractivity contribution < 1.29 is 13.7 Å². The first-order chi connectivity index (χ1) is 9.40. The number of nitro benzene ring substituents is 1. The van der Waals surface area contributed by atoms with Crippen molar-refractivity contribution in [3.8, 4) is 0 Å². The summed E-state index contributed by atoms with van der Waals surface area (Å²) in [5.41, 5.74) is -0.274. The molecule has 0 aliphatic heterocycles. The molecule has 106 valence electrons. The van der Waals surface area contributed by atoms with Crippen LogP contribution >= 0.6 is 23.4 Å². The van der Waals surface area contributed by atoms with Gasteiger partial charge in [0, 0.05) is 11.1 Å². The highest BCUT2D eigenvalue weighted by molar-refractivity contribution is 7.99. The van der Waals surface area contributed by atoms with E-state index in [4.69, 9.17) is 17.4 Å². The summed E-state index contributed by atoms with van der Waals surface area (Å²) in [7, 11) is 0. The normalized spacial score (nSPS) is 11.0. The van der Waals surface area contributed by atoms with Crippen molar-refractivity contribution in [1.82, 2.24) is 14.9 Å². The van der Waals surface area contributed by atoms with Crippen LogP contribution in [0.15, 0.2) is 28.3 Å². The van der Waals surface area contributed by atoms with Crippen LogP contribution in [0.5, 0.6) is 0 Å². The average Bonchev–Trinajstić information content (AvgIpc) is 2.73. The van der Waals surface area contributed by atoms with Gasteiger partial charge in [0.15, 0.2) is 0 Å². The minimum atomic E-state index is -2.89. The fourth-order valence-corrected chi connectivity index (χ4v) is 2.34. The van der Waals surface area contributed by atoms with Crippen molar-refractivity contribution in [3.05, 3.63) is 39.2 Å². The summed E-state index contributed by atoms with van der Waals surface area (Å²) in [4.78, 5) is 10.4. The third-order valence-electron chi connectivity index (χ3n) is 2.21. The molecule has 0 atom stereocenters. The van der Waals surface area contributed by atoms with Crippen molar-refractivity contribution >= 4 is 29.1 Å². The van der Waals surface area contributed by atoms with Crippen LogP contribution in [-0.4, -0.2) is 19.8 Å². The lowest BCUT2D eigenvalue weighted by molar-refractivity contribution is -0.387. The van der Waals surface area contributed by atoms with E-state index in [1.54, 1.807) is 0 Å². The molecule has 1 aromatic heterocycles. The van der Waals surface area contributed by atoms with Crippen LogP contribution in [0.25, 0.3) is 0 Å². The lowest BCUT2D eigenvalue weighted by Crippen LogP contribution is -2.14. The second kappa shape index (κ2) is 5.59. The van der Waals surface area contributed by atoms with Crippen LogP contribution in [0.3, 0.4) is 0 Å². The lowest BCUT2D eigenvalue weighted by atomic mass is 10.3. The summed E-state index contributed by atoms with van der Waals surface area (Å²) >= 11 is 6.42. The minimum absolute atomic E-state index is 0.0919. The monoisotopic (exact) mass is 321 g/mol. The minimum Gasteiger partial charge on any atom is -0.335 e. The number of nitrogens with zero attached hydrogens (tertiary/aromatic N) is 4. The first-order valence-electron chi connectivity index (χ1n) is 5.00. The van der Waals surface area contributed by atoms with Gasteiger partial charge in [-0.1, -0.05) is 11.6 Å². The molecule has 1 aromatic carbocycles. The van der Waals surface area contributed by atoms with Gasteiger partial charge in [-0.25, -0.2) is 13.5 Å². The topological polar surface area (TPSA) is 99.9 Å². The summed E-state index contributed by atoms with van der Waals surface area (Å²) < 4.78 is 25.6. The molecule has 0 aliphatic carbocycles. The van der Waals surface area contributed by atoms with E-state index in [0.29, 0.717) is 4.68 Å². The van der Waals surface area contributed by atoms with E-state index in [1.807, 2.05) is 0 Å². The molecular formula is C9H6ClF2N5O2S. The van der Waals surface area contributed by atoms with E-state index in [1.165, 1.54) is 12.1 Å². The predicted octanol–water partition coefficient (Wildman–Crippen LogP) is 2.64. The molecule has 0 aliphatic rings. The molecule has 0 fully saturated rings. The van der Waals surface area contributed by atoms with Gasteiger partial charge < -0.3 is 5.84 Å². The smallest absolute Gasteiger partial charge is 0.299 e. The number of hydrogen-bond acceptors (Lipinski definition) is 6. The molecule has 0 amide bonds. The van der Waals surface area contributed by atoms with Crippen molar-refractivity contribution in [2.24, 2.45) is 0 Å². The first kappa shape index (κ1) is 14.5. The van der Waals surface area contributed by atoms with Gasteiger partial charge in [0.1, 0.15) is 0 Å². The maximum Gasteiger partial charge on any atom is 0.299 e. The SMILES string of the molecule is Nn1c(Sc2ccc(Cl)cc2[N+](=O)[O-])nnc1C(F)F. The molecule has 2 rings (SSSR count). The van der Waals surface area contributed by atoms with Gasteiger partial charge in [-0.2, -0.15) is 0 Å². The highest BCUT2D eigenvalue weighted by Gasteiger charge is 2.22. The van der Waals surface area contributed by atoms with Gasteiger partial charge in [-0.3, -0.25) is 10.1 Å². The number of nitro groups is 1. The average molecular weight is 322 g/mol. The van der Waals surface area contributed by atoms with Crippen molar-refractivity contribution in [2.45, 2.75) is 16.5 Å². The number of nitrogens with two attached hydrogens (primary N) is 1. The summed E-state index contributed by atoms with van der Waals surface area (Å²) in [5, 5.41) is 17.7. The maximum atomic E-state index is 12.5. The number of halogens is 3. The second-order valence-corrected chi connectivity index (χ2v) is 4.93. The Hall–Kier alpha value is -1.94. The third-order valence-corrected chi connectivity index (χ3v) is 3.47. The Bertz CT molecular complexity index is 666. The fraction of sp³-hybridized carbons (Fsp3) is 0.111. The molecule has 0 bridgehead atoms. The van der Waals surface area contributed by atoms with Gasteiger partial charge in [0.2, 0.25) is 11.0 Å². The third kappa shape index (κ3) is 2.80. The Morgan fingerprint density at radius 2 is 2.15 bits per heavy atom. The standard InChI is InChI=1S/C9H6ClF2N5O2S/c10-4-1-2-6(5(3-4)17(18)19)20-9-15-14-8(7(11)12)16(9)13/h1-3,7H,13H2. The van der Waals surface area contributed by atoms with E-state index in [2.05, 4.69) is 10.2 Å². The van der Waals surface area contributed by atoms with E-state index in [9.17, 15) is 18.9 Å². The quantitative estimate of drug-likeness (QED) is 0.528. The van der Waals surface area contributed by atoms with Gasteiger partial charge in [-0.15, -0.1) is 10.2 Å². The number of nitrogen functional groups attached to an aromatic ring is 1. The highest BCUT2D eigenvalue weighted by Crippen LogP contribution is 2.35. The molecule has 7 nitrogen and oxygen atoms in total. The second-order valence-electron chi connectivity index (χ2n) is 3.48. The summed E-state index contributed by atoms with van der Waals surface area (Å²) in [5.74, 6) is 4.68. The Balaban J connectivity index is 2.38. The van der Waals surface area contributed by atoms with Gasteiger partial charge in [0.05, 0.1) is 9.82 Å². The van der Waals surface area contributed by atoms with Crippen LogP contribution in [0.1, 0.15) is 12.2 Å². The van der Waals surface area contributed by atoms with Crippen LogP contribution in [0.4, 0.5) is 14.5 Å². The zero-order valence-corrected chi connectivity index (χ0v) is 11.1. The van der Waals surface area contributed by atoms with Crippen LogP contribution in [0.2, 0.25) is 5.02 Å². The van der Waals surface area contributed by atoms with E-state index in [0.717, 1.165) is 17.8 Å². The molecule has 0 saturated carbocycles. The van der Waals surface area contributed by atoms with Crippen molar-refractivity contribution in [3.63, 3.8) is 0 Å². The molecule has 1 heterocycles. The summed E-state index contributed by atoms with van der Waals surface area (Å²) in [6.07, 6.45) is -2.89. The van der Waals surface area contributed by atoms with Crippen LogP contribution in [0, 0.1) is 10.1 Å². The number of aromatic nitrogens is 3. The van der Waals surface area contributed by atoms with Crippen molar-refractivity contribution in [1.29, 1.82) is 0 Å². The molecule has 0 unspecified atom stereocenters.